The van der Waals surface area contributed by atoms with Crippen LogP contribution in [-0.4, -0.2) is 11.6 Å². The first kappa shape index (κ1) is 14.4. The molecule has 0 aliphatic carbocycles. The van der Waals surface area contributed by atoms with Crippen molar-refractivity contribution in [3.8, 4) is 5.88 Å². The van der Waals surface area contributed by atoms with Crippen molar-refractivity contribution in [3.05, 3.63) is 16.1 Å². The van der Waals surface area contributed by atoms with Crippen LogP contribution in [0.25, 0.3) is 0 Å². The third kappa shape index (κ3) is 4.22. The summed E-state index contributed by atoms with van der Waals surface area (Å²) in [6.07, 6.45) is 2.23. The molecule has 0 radical (unpaired) electrons. The zero-order valence-corrected chi connectivity index (χ0v) is 11.5. The third-order valence-corrected chi connectivity index (χ3v) is 2.88. The van der Waals surface area contributed by atoms with Gasteiger partial charge in [-0.2, -0.15) is 4.98 Å². The van der Waals surface area contributed by atoms with Gasteiger partial charge in [-0.3, -0.25) is 0 Å². The number of pyridine rings is 1. The Labute approximate surface area is 111 Å². The van der Waals surface area contributed by atoms with E-state index in [1.165, 1.54) is 0 Å². The summed E-state index contributed by atoms with van der Waals surface area (Å²) in [6, 6.07) is 1.56. The molecular formula is C11H17Cl2N3O. The van der Waals surface area contributed by atoms with Crippen molar-refractivity contribution in [2.75, 3.05) is 12.0 Å². The molecule has 1 unspecified atom stereocenters. The standard InChI is InChI=1S/C11H17Cl2N3O/c1-3-4-7(2)6-17-11-9(13)5-8(12)10(15-11)16-14/h5,7H,3-4,6,14H2,1-2H3,(H,15,16). The quantitative estimate of drug-likeness (QED) is 0.617. The maximum absolute atomic E-state index is 5.98. The van der Waals surface area contributed by atoms with Gasteiger partial charge in [0.05, 0.1) is 11.6 Å². The Kier molecular flexibility index (Phi) is 5.82. The van der Waals surface area contributed by atoms with Crippen LogP contribution >= 0.6 is 23.2 Å². The number of aromatic nitrogens is 1. The van der Waals surface area contributed by atoms with Gasteiger partial charge in [0.2, 0.25) is 5.88 Å². The predicted molar refractivity (Wildman–Crippen MR) is 71.6 cm³/mol. The molecule has 1 rings (SSSR count). The molecule has 96 valence electrons. The summed E-state index contributed by atoms with van der Waals surface area (Å²) in [6.45, 7) is 4.84. The summed E-state index contributed by atoms with van der Waals surface area (Å²) in [4.78, 5) is 4.10. The molecule has 1 heterocycles. The molecular weight excluding hydrogens is 261 g/mol. The maximum Gasteiger partial charge on any atom is 0.234 e. The van der Waals surface area contributed by atoms with E-state index in [1.54, 1.807) is 6.07 Å². The number of hydrogen-bond acceptors (Lipinski definition) is 4. The van der Waals surface area contributed by atoms with E-state index in [2.05, 4.69) is 24.3 Å². The van der Waals surface area contributed by atoms with Crippen molar-refractivity contribution in [2.45, 2.75) is 26.7 Å². The van der Waals surface area contributed by atoms with Gasteiger partial charge in [-0.15, -0.1) is 0 Å². The van der Waals surface area contributed by atoms with Crippen LogP contribution in [0.1, 0.15) is 26.7 Å². The minimum Gasteiger partial charge on any atom is -0.476 e. The van der Waals surface area contributed by atoms with Crippen molar-refractivity contribution in [2.24, 2.45) is 11.8 Å². The Hall–Kier alpha value is -0.710. The molecule has 0 bridgehead atoms. The van der Waals surface area contributed by atoms with E-state index in [0.717, 1.165) is 12.8 Å². The first-order valence-electron chi connectivity index (χ1n) is 5.53. The molecule has 0 aliphatic heterocycles. The first-order chi connectivity index (χ1) is 8.08. The van der Waals surface area contributed by atoms with E-state index >= 15 is 0 Å². The van der Waals surface area contributed by atoms with E-state index < -0.39 is 0 Å². The Bertz CT molecular complexity index is 374. The van der Waals surface area contributed by atoms with Gasteiger partial charge in [0.25, 0.3) is 0 Å². The van der Waals surface area contributed by atoms with Crippen LogP contribution in [0.2, 0.25) is 10.0 Å². The van der Waals surface area contributed by atoms with E-state index in [1.807, 2.05) is 0 Å². The topological polar surface area (TPSA) is 60.2 Å². The molecule has 0 spiro atoms. The van der Waals surface area contributed by atoms with Gasteiger partial charge < -0.3 is 10.2 Å². The SMILES string of the molecule is CCCC(C)COc1nc(NN)c(Cl)cc1Cl. The largest absolute Gasteiger partial charge is 0.476 e. The number of nitrogens with two attached hydrogens (primary N) is 1. The number of halogens is 2. The molecule has 6 heteroatoms. The van der Waals surface area contributed by atoms with Crippen LogP contribution in [-0.2, 0) is 0 Å². The van der Waals surface area contributed by atoms with E-state index in [0.29, 0.717) is 34.3 Å². The fraction of sp³-hybridized carbons (Fsp3) is 0.545. The third-order valence-electron chi connectivity index (χ3n) is 2.32. The lowest BCUT2D eigenvalue weighted by molar-refractivity contribution is 0.243. The van der Waals surface area contributed by atoms with E-state index in [-0.39, 0.29) is 0 Å². The molecule has 3 N–H and O–H groups in total. The molecule has 0 saturated carbocycles. The van der Waals surface area contributed by atoms with Gasteiger partial charge in [-0.25, -0.2) is 5.84 Å². The molecule has 0 aromatic carbocycles. The molecule has 0 amide bonds. The minimum absolute atomic E-state index is 0.354. The molecule has 1 atom stereocenters. The number of hydrogen-bond donors (Lipinski definition) is 2. The second-order valence-corrected chi connectivity index (χ2v) is 4.77. The van der Waals surface area contributed by atoms with Crippen LogP contribution in [0.4, 0.5) is 5.82 Å². The molecule has 1 aromatic rings. The molecule has 4 nitrogen and oxygen atoms in total. The fourth-order valence-electron chi connectivity index (χ4n) is 1.45. The highest BCUT2D eigenvalue weighted by atomic mass is 35.5. The smallest absolute Gasteiger partial charge is 0.234 e. The number of nitrogen functional groups attached to an aromatic ring is 1. The monoisotopic (exact) mass is 277 g/mol. The van der Waals surface area contributed by atoms with E-state index in [9.17, 15) is 0 Å². The highest BCUT2D eigenvalue weighted by Gasteiger charge is 2.11. The summed E-state index contributed by atoms with van der Waals surface area (Å²) in [5, 5.41) is 0.754. The zero-order chi connectivity index (χ0) is 12.8. The van der Waals surface area contributed by atoms with Crippen molar-refractivity contribution in [1.29, 1.82) is 0 Å². The van der Waals surface area contributed by atoms with Gasteiger partial charge in [0.1, 0.15) is 5.02 Å². The van der Waals surface area contributed by atoms with Crippen molar-refractivity contribution in [1.82, 2.24) is 4.98 Å². The molecule has 0 fully saturated rings. The predicted octanol–water partition coefficient (Wildman–Crippen LogP) is 3.49. The van der Waals surface area contributed by atoms with Gasteiger partial charge in [0, 0.05) is 0 Å². The van der Waals surface area contributed by atoms with Gasteiger partial charge in [-0.05, 0) is 18.4 Å². The number of hydrazine groups is 1. The lowest BCUT2D eigenvalue weighted by Gasteiger charge is -2.13. The second-order valence-electron chi connectivity index (χ2n) is 3.95. The van der Waals surface area contributed by atoms with E-state index in [4.69, 9.17) is 33.8 Å². The zero-order valence-electron chi connectivity index (χ0n) is 9.96. The minimum atomic E-state index is 0.354. The number of ether oxygens (including phenoxy) is 1. The average molecular weight is 278 g/mol. The van der Waals surface area contributed by atoms with Crippen LogP contribution in [0.15, 0.2) is 6.07 Å². The Balaban J connectivity index is 2.70. The normalized spacial score (nSPS) is 12.3. The summed E-state index contributed by atoms with van der Waals surface area (Å²) in [5.41, 5.74) is 2.39. The number of nitrogens with one attached hydrogen (secondary N) is 1. The molecule has 0 saturated heterocycles. The molecule has 17 heavy (non-hydrogen) atoms. The van der Waals surface area contributed by atoms with Gasteiger partial charge >= 0.3 is 0 Å². The highest BCUT2D eigenvalue weighted by molar-refractivity contribution is 6.36. The first-order valence-corrected chi connectivity index (χ1v) is 6.29. The molecule has 1 aromatic heterocycles. The van der Waals surface area contributed by atoms with Crippen molar-refractivity contribution < 1.29 is 4.74 Å². The maximum atomic E-state index is 5.98. The summed E-state index contributed by atoms with van der Waals surface area (Å²) >= 11 is 11.8. The fourth-order valence-corrected chi connectivity index (χ4v) is 1.92. The van der Waals surface area contributed by atoms with Gasteiger partial charge in [0.15, 0.2) is 5.82 Å². The van der Waals surface area contributed by atoms with Crippen molar-refractivity contribution in [3.63, 3.8) is 0 Å². The van der Waals surface area contributed by atoms with Gasteiger partial charge in [-0.1, -0.05) is 43.5 Å². The lowest BCUT2D eigenvalue weighted by atomic mass is 10.1. The summed E-state index contributed by atoms with van der Waals surface area (Å²) in [7, 11) is 0. The summed E-state index contributed by atoms with van der Waals surface area (Å²) in [5.74, 6) is 6.45. The number of nitrogens with zero attached hydrogens (tertiary/aromatic N) is 1. The Morgan fingerprint density at radius 1 is 1.47 bits per heavy atom. The van der Waals surface area contributed by atoms with Crippen LogP contribution in [0.5, 0.6) is 5.88 Å². The highest BCUT2D eigenvalue weighted by Crippen LogP contribution is 2.30. The van der Waals surface area contributed by atoms with Crippen LogP contribution in [0, 0.1) is 5.92 Å². The van der Waals surface area contributed by atoms with Crippen LogP contribution in [0.3, 0.4) is 0 Å². The van der Waals surface area contributed by atoms with Crippen molar-refractivity contribution >= 4 is 29.0 Å². The van der Waals surface area contributed by atoms with Crippen LogP contribution < -0.4 is 16.0 Å². The Morgan fingerprint density at radius 2 is 2.18 bits per heavy atom. The Morgan fingerprint density at radius 3 is 2.76 bits per heavy atom. The summed E-state index contributed by atoms with van der Waals surface area (Å²) < 4.78 is 5.55. The average Bonchev–Trinajstić information content (AvgIpc) is 2.28. The second kappa shape index (κ2) is 6.89. The number of anilines is 1. The lowest BCUT2D eigenvalue weighted by Crippen LogP contribution is -2.12. The molecule has 0 aliphatic rings. The number of rotatable bonds is 6.